The fourth-order valence-electron chi connectivity index (χ4n) is 2.19. The molecule has 0 spiro atoms. The molecule has 1 aromatic carbocycles. The molecule has 1 aromatic rings. The first kappa shape index (κ1) is 14.3. The Morgan fingerprint density at radius 2 is 2.16 bits per heavy atom. The molecular formula is C13H19NO4S. The van der Waals surface area contributed by atoms with Crippen LogP contribution in [0.1, 0.15) is 6.92 Å². The second-order valence-electron chi connectivity index (χ2n) is 4.49. The number of anilines is 1. The molecule has 1 unspecified atom stereocenters. The van der Waals surface area contributed by atoms with Crippen LogP contribution in [0.3, 0.4) is 0 Å². The van der Waals surface area contributed by atoms with Gasteiger partial charge in [-0.3, -0.25) is 0 Å². The number of para-hydroxylation sites is 1. The van der Waals surface area contributed by atoms with Crippen LogP contribution in [-0.4, -0.2) is 51.7 Å². The average Bonchev–Trinajstić information content (AvgIpc) is 2.47. The molecule has 19 heavy (non-hydrogen) atoms. The van der Waals surface area contributed by atoms with Gasteiger partial charge in [0.15, 0.2) is 9.84 Å². The molecule has 0 amide bonds. The standard InChI is InChI=1S/C13H19NO4S/c1-2-19(16,17)13-6-4-3-5-12(13)14-7-8-18-11(9-14)10-15/h3-6,11,15H,2,7-10H2,1H3. The number of nitrogens with zero attached hydrogens (tertiary/aromatic N) is 1. The van der Waals surface area contributed by atoms with Crippen molar-refractivity contribution < 1.29 is 18.3 Å². The van der Waals surface area contributed by atoms with Gasteiger partial charge >= 0.3 is 0 Å². The summed E-state index contributed by atoms with van der Waals surface area (Å²) in [5.41, 5.74) is 0.700. The summed E-state index contributed by atoms with van der Waals surface area (Å²) in [6, 6.07) is 7.00. The highest BCUT2D eigenvalue weighted by molar-refractivity contribution is 7.91. The zero-order valence-corrected chi connectivity index (χ0v) is 11.8. The van der Waals surface area contributed by atoms with Crippen LogP contribution in [0.5, 0.6) is 0 Å². The van der Waals surface area contributed by atoms with Crippen LogP contribution in [0.25, 0.3) is 0 Å². The van der Waals surface area contributed by atoms with Gasteiger partial charge in [0.05, 0.1) is 35.7 Å². The summed E-state index contributed by atoms with van der Waals surface area (Å²) in [6.45, 7) is 3.21. The minimum absolute atomic E-state index is 0.0564. The maximum atomic E-state index is 12.1. The lowest BCUT2D eigenvalue weighted by atomic mass is 10.2. The van der Waals surface area contributed by atoms with E-state index < -0.39 is 9.84 Å². The molecule has 0 radical (unpaired) electrons. The highest BCUT2D eigenvalue weighted by Crippen LogP contribution is 2.27. The summed E-state index contributed by atoms with van der Waals surface area (Å²) in [5, 5.41) is 9.16. The molecule has 1 heterocycles. The zero-order chi connectivity index (χ0) is 13.9. The fourth-order valence-corrected chi connectivity index (χ4v) is 3.30. The lowest BCUT2D eigenvalue weighted by Gasteiger charge is -2.34. The minimum Gasteiger partial charge on any atom is -0.394 e. The van der Waals surface area contributed by atoms with Crippen molar-refractivity contribution in [2.24, 2.45) is 0 Å². The lowest BCUT2D eigenvalue weighted by molar-refractivity contribution is 0.00344. The number of morpholine rings is 1. The van der Waals surface area contributed by atoms with Crippen molar-refractivity contribution in [1.82, 2.24) is 0 Å². The van der Waals surface area contributed by atoms with Crippen molar-refractivity contribution in [3.63, 3.8) is 0 Å². The highest BCUT2D eigenvalue weighted by Gasteiger charge is 2.25. The van der Waals surface area contributed by atoms with Gasteiger partial charge < -0.3 is 14.7 Å². The predicted octanol–water partition coefficient (Wildman–Crippen LogP) is 0.678. The Morgan fingerprint density at radius 3 is 2.84 bits per heavy atom. The first-order valence-electron chi connectivity index (χ1n) is 6.37. The van der Waals surface area contributed by atoms with Crippen LogP contribution >= 0.6 is 0 Å². The topological polar surface area (TPSA) is 66.8 Å². The first-order chi connectivity index (χ1) is 9.08. The maximum absolute atomic E-state index is 12.1. The number of hydrogen-bond acceptors (Lipinski definition) is 5. The van der Waals surface area contributed by atoms with Crippen LogP contribution in [0.15, 0.2) is 29.2 Å². The Kier molecular flexibility index (Phi) is 4.44. The number of ether oxygens (including phenoxy) is 1. The second-order valence-corrected chi connectivity index (χ2v) is 6.74. The molecule has 1 aliphatic rings. The SMILES string of the molecule is CCS(=O)(=O)c1ccccc1N1CCOC(CO)C1. The van der Waals surface area contributed by atoms with Gasteiger partial charge in [0.25, 0.3) is 0 Å². The summed E-state index contributed by atoms with van der Waals surface area (Å²) >= 11 is 0. The van der Waals surface area contributed by atoms with E-state index in [9.17, 15) is 8.42 Å². The third-order valence-corrected chi connectivity index (χ3v) is 5.04. The Bertz CT molecular complexity index is 529. The molecule has 5 nitrogen and oxygen atoms in total. The number of aliphatic hydroxyl groups excluding tert-OH is 1. The number of aliphatic hydroxyl groups is 1. The molecular weight excluding hydrogens is 266 g/mol. The summed E-state index contributed by atoms with van der Waals surface area (Å²) in [5.74, 6) is 0.0811. The van der Waals surface area contributed by atoms with E-state index in [1.165, 1.54) is 0 Å². The maximum Gasteiger partial charge on any atom is 0.180 e. The Labute approximate surface area is 113 Å². The fraction of sp³-hybridized carbons (Fsp3) is 0.538. The van der Waals surface area contributed by atoms with Crippen molar-refractivity contribution >= 4 is 15.5 Å². The molecule has 1 atom stereocenters. The Balaban J connectivity index is 2.35. The van der Waals surface area contributed by atoms with E-state index in [0.717, 1.165) is 0 Å². The molecule has 1 aliphatic heterocycles. The minimum atomic E-state index is -3.25. The second kappa shape index (κ2) is 5.90. The van der Waals surface area contributed by atoms with Crippen molar-refractivity contribution in [1.29, 1.82) is 0 Å². The third-order valence-electron chi connectivity index (χ3n) is 3.26. The summed E-state index contributed by atoms with van der Waals surface area (Å²) in [7, 11) is -3.25. The van der Waals surface area contributed by atoms with Crippen molar-refractivity contribution in [2.75, 3.05) is 37.0 Å². The van der Waals surface area contributed by atoms with Crippen molar-refractivity contribution in [2.45, 2.75) is 17.9 Å². The quantitative estimate of drug-likeness (QED) is 0.881. The molecule has 0 aliphatic carbocycles. The van der Waals surface area contributed by atoms with Gasteiger partial charge in [0.1, 0.15) is 0 Å². The third kappa shape index (κ3) is 3.08. The van der Waals surface area contributed by atoms with Gasteiger partial charge in [-0.1, -0.05) is 19.1 Å². The van der Waals surface area contributed by atoms with E-state index in [1.54, 1.807) is 19.1 Å². The zero-order valence-electron chi connectivity index (χ0n) is 10.9. The summed E-state index contributed by atoms with van der Waals surface area (Å²) in [6.07, 6.45) is -0.258. The predicted molar refractivity (Wildman–Crippen MR) is 73.2 cm³/mol. The summed E-state index contributed by atoms with van der Waals surface area (Å²) < 4.78 is 29.6. The van der Waals surface area contributed by atoms with Gasteiger partial charge in [-0.2, -0.15) is 0 Å². The summed E-state index contributed by atoms with van der Waals surface area (Å²) in [4.78, 5) is 2.32. The molecule has 0 bridgehead atoms. The van der Waals surface area contributed by atoms with Gasteiger partial charge in [-0.25, -0.2) is 8.42 Å². The van der Waals surface area contributed by atoms with Crippen molar-refractivity contribution in [3.8, 4) is 0 Å². The molecule has 1 N–H and O–H groups in total. The van der Waals surface area contributed by atoms with Crippen LogP contribution < -0.4 is 4.90 Å². The van der Waals surface area contributed by atoms with E-state index >= 15 is 0 Å². The monoisotopic (exact) mass is 285 g/mol. The number of rotatable bonds is 4. The van der Waals surface area contributed by atoms with E-state index in [2.05, 4.69) is 0 Å². The van der Waals surface area contributed by atoms with Gasteiger partial charge in [0, 0.05) is 13.1 Å². The number of hydrogen-bond donors (Lipinski definition) is 1. The van der Waals surface area contributed by atoms with E-state index in [1.807, 2.05) is 17.0 Å². The molecule has 1 fully saturated rings. The largest absolute Gasteiger partial charge is 0.394 e. The Morgan fingerprint density at radius 1 is 1.42 bits per heavy atom. The molecule has 1 saturated heterocycles. The molecule has 2 rings (SSSR count). The van der Waals surface area contributed by atoms with Crippen LogP contribution in [0.2, 0.25) is 0 Å². The van der Waals surface area contributed by atoms with Gasteiger partial charge in [-0.05, 0) is 12.1 Å². The highest BCUT2D eigenvalue weighted by atomic mass is 32.2. The average molecular weight is 285 g/mol. The molecule has 106 valence electrons. The molecule has 6 heteroatoms. The molecule has 0 saturated carbocycles. The number of benzene rings is 1. The number of sulfone groups is 1. The van der Waals surface area contributed by atoms with E-state index in [-0.39, 0.29) is 18.5 Å². The smallest absolute Gasteiger partial charge is 0.180 e. The van der Waals surface area contributed by atoms with Crippen LogP contribution in [0, 0.1) is 0 Å². The van der Waals surface area contributed by atoms with Crippen molar-refractivity contribution in [3.05, 3.63) is 24.3 Å². The van der Waals surface area contributed by atoms with E-state index in [0.29, 0.717) is 30.3 Å². The van der Waals surface area contributed by atoms with E-state index in [4.69, 9.17) is 9.84 Å². The lowest BCUT2D eigenvalue weighted by Crippen LogP contribution is -2.44. The Hall–Kier alpha value is -1.11. The normalized spacial score (nSPS) is 20.5. The van der Waals surface area contributed by atoms with Gasteiger partial charge in [-0.15, -0.1) is 0 Å². The van der Waals surface area contributed by atoms with Crippen LogP contribution in [0.4, 0.5) is 5.69 Å². The van der Waals surface area contributed by atoms with Crippen LogP contribution in [-0.2, 0) is 14.6 Å². The first-order valence-corrected chi connectivity index (χ1v) is 8.03. The molecule has 0 aromatic heterocycles. The van der Waals surface area contributed by atoms with Gasteiger partial charge in [0.2, 0.25) is 0 Å².